The number of nitrogens with one attached hydrogen (secondary N) is 1. The SMILES string of the molecule is C=C(O)C(C)(C)C.C=C(O)c1ccccc1.CC(C)(C)C(=O)O.CC(C)(C)C(=O)O.CC(C)(C)C(=O)O.CCCC(=O)O.CCCC(=O)O.O=C(O)c1ccccc1.OCc1ccccc1.OCc1ccccc1.[CH2-][C@@H]1CCCC[C@H]1[NH-].[Cl][Pt+2][Cl].[Cl][Pt+2][Cl].[Cl][Pt+2][Cl].[Cl][Pt+2][Cl].[Cl][Pt+2][Cl].[NH2-].[NH2-].[NH2-].[NH2-].[NH2-].[NH2-].[NH2-].[NH2-]. The largest absolute Gasteiger partial charge is 0.693 e. The molecule has 0 aromatic heterocycles. The summed E-state index contributed by atoms with van der Waals surface area (Å²) in [7, 11) is 48.8. The predicted octanol–water partition coefficient (Wildman–Crippen LogP) is 28.2. The van der Waals surface area contributed by atoms with Gasteiger partial charge in [-0.2, -0.15) is 12.0 Å². The van der Waals surface area contributed by atoms with Crippen molar-refractivity contribution >= 4 is 136 Å². The third-order valence-corrected chi connectivity index (χ3v) is 9.81. The van der Waals surface area contributed by atoms with Gasteiger partial charge in [0.1, 0.15) is 5.76 Å². The summed E-state index contributed by atoms with van der Waals surface area (Å²) in [6.07, 6.45) is 6.84. The number of hydrogen-bond donors (Lipinski definition) is 10. The molecule has 1 saturated carbocycles. The first-order valence-electron chi connectivity index (χ1n) is 27.9. The molecule has 5 rings (SSSR count). The number of aliphatic carboxylic acids is 5. The molecule has 0 saturated heterocycles. The second-order valence-electron chi connectivity index (χ2n) is 22.3. The third kappa shape index (κ3) is 149. The van der Waals surface area contributed by atoms with Crippen molar-refractivity contribution in [3.63, 3.8) is 0 Å². The number of nitrogens with two attached hydrogens (primary N) is 8. The van der Waals surface area contributed by atoms with Gasteiger partial charge in [-0.1, -0.05) is 183 Å². The van der Waals surface area contributed by atoms with Gasteiger partial charge in [0.15, 0.2) is 0 Å². The Kier molecular flexibility index (Phi) is 155. The van der Waals surface area contributed by atoms with Gasteiger partial charge in [-0.3, -0.25) is 24.0 Å². The number of halogens is 10. The fourth-order valence-corrected chi connectivity index (χ4v) is 4.01. The number of hydrogen-bond acceptors (Lipinski definition) is 10. The zero-order valence-electron chi connectivity index (χ0n) is 61.3. The van der Waals surface area contributed by atoms with Crippen LogP contribution in [0.25, 0.3) is 60.7 Å². The van der Waals surface area contributed by atoms with Gasteiger partial charge in [-0.25, -0.2) is 4.79 Å². The second-order valence-corrected chi connectivity index (χ2v) is 38.7. The maximum Gasteiger partial charge on any atom is -0.693 e. The van der Waals surface area contributed by atoms with Crippen LogP contribution in [-0.2, 0) is 120 Å². The topological polar surface area (TPSA) is 597 Å². The maximum absolute atomic E-state index is 10.2. The van der Waals surface area contributed by atoms with Crippen LogP contribution < -0.4 is 0 Å². The average Bonchev–Trinajstić information content (AvgIpc) is 1.14. The minimum absolute atomic E-state index is 0. The molecule has 0 spiro atoms. The number of benzene rings is 4. The molecule has 1 aliphatic rings. The summed E-state index contributed by atoms with van der Waals surface area (Å²) >= 11 is -2.36. The van der Waals surface area contributed by atoms with Crippen molar-refractivity contribution in [3.05, 3.63) is 224 Å². The van der Waals surface area contributed by atoms with E-state index in [1.807, 2.05) is 126 Å². The first kappa shape index (κ1) is 152. The summed E-state index contributed by atoms with van der Waals surface area (Å²) in [5.74, 6) is -3.79. The van der Waals surface area contributed by atoms with E-state index in [1.165, 1.54) is 19.3 Å². The second kappa shape index (κ2) is 107. The van der Waals surface area contributed by atoms with E-state index < -0.39 is 134 Å². The van der Waals surface area contributed by atoms with E-state index in [0.717, 1.165) is 36.0 Å². The molecule has 40 heteroatoms. The Morgan fingerprint density at radius 2 is 0.600 bits per heavy atom. The summed E-state index contributed by atoms with van der Waals surface area (Å²) in [6, 6.07) is 36.7. The van der Waals surface area contributed by atoms with Gasteiger partial charge in [-0.05, 0) is 98.4 Å². The van der Waals surface area contributed by atoms with Crippen LogP contribution in [-0.4, -0.2) is 92.9 Å². The third-order valence-electron chi connectivity index (χ3n) is 9.81. The van der Waals surface area contributed by atoms with Crippen molar-refractivity contribution in [3.8, 4) is 0 Å². The van der Waals surface area contributed by atoms with E-state index in [9.17, 15) is 28.8 Å². The fraction of sp³-hybridized carbons (Fsp3) is 0.462. The molecular formula is C65H117Cl10N9O16Pt5. The number of carboxylic acid groups (broad SMARTS) is 6. The van der Waals surface area contributed by atoms with Crippen molar-refractivity contribution in [2.45, 2.75) is 168 Å². The quantitative estimate of drug-likeness (QED) is 0.0579. The van der Waals surface area contributed by atoms with Gasteiger partial charge in [-0.15, -0.1) is 0 Å². The first-order chi connectivity index (χ1) is 44.7. The maximum atomic E-state index is 10.2. The summed E-state index contributed by atoms with van der Waals surface area (Å²) in [5, 5.41) is 83.6. The Morgan fingerprint density at radius 1 is 0.410 bits per heavy atom. The van der Waals surface area contributed by atoms with Gasteiger partial charge in [0.25, 0.3) is 0 Å². The summed E-state index contributed by atoms with van der Waals surface area (Å²) in [6.45, 7) is 35.3. The van der Waals surface area contributed by atoms with Gasteiger partial charge in [0.2, 0.25) is 0 Å². The van der Waals surface area contributed by atoms with Crippen molar-refractivity contribution in [2.75, 3.05) is 0 Å². The molecule has 0 unspecified atom stereocenters. The number of carboxylic acids is 6. The molecule has 0 heterocycles. The van der Waals surface area contributed by atoms with Crippen molar-refractivity contribution in [2.24, 2.45) is 27.6 Å². The van der Waals surface area contributed by atoms with Crippen molar-refractivity contribution < 1.29 is 162 Å². The van der Waals surface area contributed by atoms with Crippen LogP contribution in [0, 0.1) is 34.5 Å². The number of allylic oxidation sites excluding steroid dienone is 1. The van der Waals surface area contributed by atoms with Crippen LogP contribution in [0.4, 0.5) is 0 Å². The first-order valence-corrected chi connectivity index (χ1v) is 56.0. The zero-order chi connectivity index (χ0) is 78.8. The molecule has 0 bridgehead atoms. The van der Waals surface area contributed by atoms with Crippen molar-refractivity contribution in [1.82, 2.24) is 0 Å². The predicted molar refractivity (Wildman–Crippen MR) is 430 cm³/mol. The molecule has 0 amide bonds. The molecule has 0 radical (unpaired) electrons. The summed E-state index contributed by atoms with van der Waals surface area (Å²) in [5.41, 5.74) is 8.56. The minimum atomic E-state index is -0.879. The van der Waals surface area contributed by atoms with Crippen LogP contribution in [0.5, 0.6) is 0 Å². The Bertz CT molecular complexity index is 2250. The molecule has 638 valence electrons. The Labute approximate surface area is 709 Å². The summed E-state index contributed by atoms with van der Waals surface area (Å²) < 4.78 is 0. The van der Waals surface area contributed by atoms with Crippen molar-refractivity contribution in [1.29, 1.82) is 0 Å². The van der Waals surface area contributed by atoms with Gasteiger partial charge in [0.05, 0.1) is 40.8 Å². The molecule has 4 aromatic rings. The van der Waals surface area contributed by atoms with E-state index in [-0.39, 0.29) is 85.4 Å². The molecule has 27 N–H and O–H groups in total. The van der Waals surface area contributed by atoms with Gasteiger partial charge < -0.3 is 113 Å². The monoisotopic (exact) mass is 2600 g/mol. The normalized spacial score (nSPS) is 10.9. The van der Waals surface area contributed by atoms with Crippen LogP contribution >= 0.6 is 94.2 Å². The fourth-order valence-electron chi connectivity index (χ4n) is 4.01. The Hall–Kier alpha value is -1.32. The van der Waals surface area contributed by atoms with E-state index in [2.05, 4.69) is 20.1 Å². The summed E-state index contributed by atoms with van der Waals surface area (Å²) in [4.78, 5) is 59.5. The van der Waals surface area contributed by atoms with Gasteiger partial charge >= 0.3 is 212 Å². The number of aliphatic hydroxyl groups excluding tert-OH is 4. The van der Waals surface area contributed by atoms with Crippen LogP contribution in [0.2, 0.25) is 0 Å². The Balaban J connectivity index is -0.0000000445. The standard InChI is InChI=1S/C8H8O.C7H13N.C7H6O2.2C7H8O.C6H12O.3C5H10O2.2C4H8O2.10ClH.8H2N.5Pt/c1-7(9)8-5-3-2-4-6-8;1-6-4-2-3-5-7(6)8;8-7(9)6-4-2-1-3-5-6;2*8-6-7-4-2-1-3-5-7;1-5(7)6(2,3)4;3*1-5(2,3)4(6)7;2*1-2-3-4(5)6;;;;;;;;;;;;;;;;;;;;;;;/h2-6,9H,1H2;6-8H,1-5H2;1-5H,(H,8,9);2*1-5,8H,6H2;7H,1H2,2-4H3;3*1-3H3,(H,6,7);2*2-3H2,1H3,(H,5,6);10*1H;8*1H2;;;;;/q;-2;;;;;;;;;;;;;;;;;;;;8*-1;5*+4/p-10/t;6-,7-;;;;;;;;;;;;;;;;;;;;;;;;;;;;;;;;/m.1................................/s1. The van der Waals surface area contributed by atoms with Crippen LogP contribution in [0.3, 0.4) is 0 Å². The smallest absolute Gasteiger partial charge is 0.693 e. The molecular weight excluding hydrogens is 2490 g/mol. The van der Waals surface area contributed by atoms with E-state index in [4.69, 9.17) is 151 Å². The van der Waals surface area contributed by atoms with E-state index >= 15 is 0 Å². The van der Waals surface area contributed by atoms with Crippen LogP contribution in [0.15, 0.2) is 140 Å². The molecule has 0 aliphatic heterocycles. The number of aliphatic hydroxyl groups is 4. The number of carbonyl (C=O) groups is 6. The molecule has 25 nitrogen and oxygen atoms in total. The Morgan fingerprint density at radius 3 is 0.686 bits per heavy atom. The average molecular weight is 2610 g/mol. The molecule has 105 heavy (non-hydrogen) atoms. The number of rotatable bonds is 8. The molecule has 1 fully saturated rings. The minimum Gasteiger partial charge on any atom is -0.693 e. The zero-order valence-corrected chi connectivity index (χ0v) is 80.2. The number of aromatic carboxylic acids is 1. The molecule has 1 aliphatic carbocycles. The van der Waals surface area contributed by atoms with Crippen LogP contribution in [0.1, 0.15) is 175 Å². The van der Waals surface area contributed by atoms with Gasteiger partial charge in [0, 0.05) is 23.8 Å². The molecule has 2 atom stereocenters. The van der Waals surface area contributed by atoms with E-state index in [1.54, 1.807) is 92.6 Å². The molecule has 4 aromatic carbocycles. The van der Waals surface area contributed by atoms with E-state index in [0.29, 0.717) is 24.3 Å².